The van der Waals surface area contributed by atoms with E-state index in [1.165, 1.54) is 6.07 Å². The lowest BCUT2D eigenvalue weighted by molar-refractivity contribution is 0.0951. The molecule has 4 nitrogen and oxygen atoms in total. The topological polar surface area (TPSA) is 54.0 Å². The van der Waals surface area contributed by atoms with Gasteiger partial charge in [0.15, 0.2) is 0 Å². The van der Waals surface area contributed by atoms with Crippen LogP contribution in [0.1, 0.15) is 15.9 Å². The summed E-state index contributed by atoms with van der Waals surface area (Å²) in [7, 11) is 1.71. The first-order valence-corrected chi connectivity index (χ1v) is 6.72. The number of benzene rings is 1. The third-order valence-electron chi connectivity index (χ3n) is 2.65. The van der Waals surface area contributed by atoms with E-state index in [4.69, 9.17) is 23.2 Å². The predicted octanol–water partition coefficient (Wildman–Crippen LogP) is 3.36. The van der Waals surface area contributed by atoms with Gasteiger partial charge in [0.05, 0.1) is 0 Å². The Morgan fingerprint density at radius 2 is 2.05 bits per heavy atom. The lowest BCUT2D eigenvalue weighted by Gasteiger charge is -2.07. The Morgan fingerprint density at radius 3 is 2.75 bits per heavy atom. The van der Waals surface area contributed by atoms with Crippen molar-refractivity contribution >= 4 is 34.9 Å². The first-order valence-electron chi connectivity index (χ1n) is 5.96. The quantitative estimate of drug-likeness (QED) is 0.851. The molecule has 0 aliphatic carbocycles. The number of hydrogen-bond donors (Lipinski definition) is 2. The second kappa shape index (κ2) is 6.59. The molecule has 0 unspecified atom stereocenters. The van der Waals surface area contributed by atoms with Crippen molar-refractivity contribution < 1.29 is 4.79 Å². The van der Waals surface area contributed by atoms with Gasteiger partial charge in [0.25, 0.3) is 5.91 Å². The minimum atomic E-state index is -0.217. The van der Waals surface area contributed by atoms with Crippen LogP contribution >= 0.6 is 23.2 Å². The molecule has 104 valence electrons. The second-order valence-corrected chi connectivity index (χ2v) is 4.95. The standard InChI is InChI=1S/C14H13Cl2N3O/c1-17-13-7-10(6-12(16)19-13)14(20)18-8-9-3-2-4-11(15)5-9/h2-7H,8H2,1H3,(H,17,19)(H,18,20). The van der Waals surface area contributed by atoms with Gasteiger partial charge in [-0.1, -0.05) is 35.3 Å². The first-order chi connectivity index (χ1) is 9.58. The third kappa shape index (κ3) is 3.85. The number of carbonyl (C=O) groups is 1. The highest BCUT2D eigenvalue weighted by atomic mass is 35.5. The maximum Gasteiger partial charge on any atom is 0.251 e. The van der Waals surface area contributed by atoms with Crippen LogP contribution in [0.25, 0.3) is 0 Å². The molecular weight excluding hydrogens is 297 g/mol. The van der Waals surface area contributed by atoms with Gasteiger partial charge in [-0.15, -0.1) is 0 Å². The summed E-state index contributed by atoms with van der Waals surface area (Å²) in [6, 6.07) is 10.5. The van der Waals surface area contributed by atoms with E-state index < -0.39 is 0 Å². The Kier molecular flexibility index (Phi) is 4.82. The van der Waals surface area contributed by atoms with E-state index in [0.29, 0.717) is 22.9 Å². The first kappa shape index (κ1) is 14.6. The van der Waals surface area contributed by atoms with E-state index in [0.717, 1.165) is 5.56 Å². The van der Waals surface area contributed by atoms with Gasteiger partial charge < -0.3 is 10.6 Å². The van der Waals surface area contributed by atoms with Crippen molar-refractivity contribution in [3.8, 4) is 0 Å². The molecular formula is C14H13Cl2N3O. The van der Waals surface area contributed by atoms with Gasteiger partial charge in [-0.05, 0) is 29.8 Å². The van der Waals surface area contributed by atoms with Crippen molar-refractivity contribution in [2.24, 2.45) is 0 Å². The lowest BCUT2D eigenvalue weighted by Crippen LogP contribution is -2.23. The molecule has 20 heavy (non-hydrogen) atoms. The number of rotatable bonds is 4. The molecule has 6 heteroatoms. The number of aromatic nitrogens is 1. The van der Waals surface area contributed by atoms with Crippen LogP contribution in [-0.2, 0) is 6.54 Å². The molecule has 0 saturated carbocycles. The number of hydrogen-bond acceptors (Lipinski definition) is 3. The number of nitrogens with one attached hydrogen (secondary N) is 2. The van der Waals surface area contributed by atoms with E-state index in [9.17, 15) is 4.79 Å². The van der Waals surface area contributed by atoms with Gasteiger partial charge in [0.1, 0.15) is 11.0 Å². The zero-order chi connectivity index (χ0) is 14.5. The number of carbonyl (C=O) groups excluding carboxylic acids is 1. The summed E-state index contributed by atoms with van der Waals surface area (Å²) in [6.07, 6.45) is 0. The average molecular weight is 310 g/mol. The molecule has 1 amide bonds. The zero-order valence-electron chi connectivity index (χ0n) is 10.8. The van der Waals surface area contributed by atoms with Crippen molar-refractivity contribution in [1.82, 2.24) is 10.3 Å². The van der Waals surface area contributed by atoms with E-state index in [1.807, 2.05) is 12.1 Å². The molecule has 0 atom stereocenters. The maximum atomic E-state index is 12.1. The fraction of sp³-hybridized carbons (Fsp3) is 0.143. The highest BCUT2D eigenvalue weighted by Gasteiger charge is 2.08. The normalized spacial score (nSPS) is 10.2. The molecule has 1 aromatic heterocycles. The number of nitrogens with zero attached hydrogens (tertiary/aromatic N) is 1. The summed E-state index contributed by atoms with van der Waals surface area (Å²) in [6.45, 7) is 0.397. The van der Waals surface area contributed by atoms with Gasteiger partial charge in [-0.2, -0.15) is 0 Å². The monoisotopic (exact) mass is 309 g/mol. The molecule has 0 aliphatic rings. The van der Waals surface area contributed by atoms with E-state index >= 15 is 0 Å². The Labute approximate surface area is 127 Å². The maximum absolute atomic E-state index is 12.1. The molecule has 0 aliphatic heterocycles. The summed E-state index contributed by atoms with van der Waals surface area (Å²) < 4.78 is 0. The molecule has 0 fully saturated rings. The highest BCUT2D eigenvalue weighted by Crippen LogP contribution is 2.15. The van der Waals surface area contributed by atoms with Crippen LogP contribution < -0.4 is 10.6 Å². The highest BCUT2D eigenvalue weighted by molar-refractivity contribution is 6.30. The lowest BCUT2D eigenvalue weighted by atomic mass is 10.2. The largest absolute Gasteiger partial charge is 0.373 e. The zero-order valence-corrected chi connectivity index (χ0v) is 12.3. The molecule has 0 bridgehead atoms. The Morgan fingerprint density at radius 1 is 1.25 bits per heavy atom. The van der Waals surface area contributed by atoms with Crippen LogP contribution in [0.3, 0.4) is 0 Å². The van der Waals surface area contributed by atoms with Gasteiger partial charge in [-0.25, -0.2) is 4.98 Å². The van der Waals surface area contributed by atoms with Crippen LogP contribution in [-0.4, -0.2) is 17.9 Å². The van der Waals surface area contributed by atoms with Crippen LogP contribution in [0, 0.1) is 0 Å². The number of pyridine rings is 1. The Balaban J connectivity index is 2.07. The number of amides is 1. The van der Waals surface area contributed by atoms with Gasteiger partial charge >= 0.3 is 0 Å². The predicted molar refractivity (Wildman–Crippen MR) is 81.4 cm³/mol. The van der Waals surface area contributed by atoms with E-state index in [-0.39, 0.29) is 11.1 Å². The molecule has 0 radical (unpaired) electrons. The molecule has 0 saturated heterocycles. The van der Waals surface area contributed by atoms with E-state index in [1.54, 1.807) is 25.2 Å². The van der Waals surface area contributed by atoms with Crippen LogP contribution in [0.5, 0.6) is 0 Å². The van der Waals surface area contributed by atoms with E-state index in [2.05, 4.69) is 15.6 Å². The molecule has 2 N–H and O–H groups in total. The van der Waals surface area contributed by atoms with Gasteiger partial charge in [0.2, 0.25) is 0 Å². The Bertz CT molecular complexity index is 632. The smallest absolute Gasteiger partial charge is 0.251 e. The Hall–Kier alpha value is -1.78. The van der Waals surface area contributed by atoms with Crippen LogP contribution in [0.15, 0.2) is 36.4 Å². The summed E-state index contributed by atoms with van der Waals surface area (Å²) in [5.74, 6) is 0.330. The minimum Gasteiger partial charge on any atom is -0.373 e. The third-order valence-corrected chi connectivity index (χ3v) is 3.08. The minimum absolute atomic E-state index is 0.217. The molecule has 2 rings (SSSR count). The van der Waals surface area contributed by atoms with Gasteiger partial charge in [-0.3, -0.25) is 4.79 Å². The molecule has 0 spiro atoms. The van der Waals surface area contributed by atoms with Crippen molar-refractivity contribution in [3.05, 3.63) is 57.7 Å². The van der Waals surface area contributed by atoms with Crippen molar-refractivity contribution in [2.75, 3.05) is 12.4 Å². The summed E-state index contributed by atoms with van der Waals surface area (Å²) in [5.41, 5.74) is 1.39. The SMILES string of the molecule is CNc1cc(C(=O)NCc2cccc(Cl)c2)cc(Cl)n1. The summed E-state index contributed by atoms with van der Waals surface area (Å²) >= 11 is 11.8. The van der Waals surface area contributed by atoms with Crippen molar-refractivity contribution in [1.29, 1.82) is 0 Å². The fourth-order valence-corrected chi connectivity index (χ4v) is 2.11. The number of halogens is 2. The van der Waals surface area contributed by atoms with Crippen LogP contribution in [0.2, 0.25) is 10.2 Å². The summed E-state index contributed by atoms with van der Waals surface area (Å²) in [4.78, 5) is 16.1. The molecule has 1 aromatic carbocycles. The summed E-state index contributed by atoms with van der Waals surface area (Å²) in [5, 5.41) is 6.57. The second-order valence-electron chi connectivity index (χ2n) is 4.13. The molecule has 1 heterocycles. The van der Waals surface area contributed by atoms with Crippen molar-refractivity contribution in [3.63, 3.8) is 0 Å². The van der Waals surface area contributed by atoms with Crippen molar-refractivity contribution in [2.45, 2.75) is 6.54 Å². The number of anilines is 1. The fourth-order valence-electron chi connectivity index (χ4n) is 1.69. The van der Waals surface area contributed by atoms with Crippen LogP contribution in [0.4, 0.5) is 5.82 Å². The average Bonchev–Trinajstić information content (AvgIpc) is 2.44. The molecule has 2 aromatic rings. The van der Waals surface area contributed by atoms with Gasteiger partial charge in [0, 0.05) is 24.2 Å².